The summed E-state index contributed by atoms with van der Waals surface area (Å²) in [5, 5.41) is 6.55. The monoisotopic (exact) mass is 352 g/mol. The number of aliphatic imine (C=N–C) groups is 1. The third kappa shape index (κ3) is 4.92. The van der Waals surface area contributed by atoms with Crippen LogP contribution in [0.15, 0.2) is 33.7 Å². The van der Waals surface area contributed by atoms with Crippen molar-refractivity contribution in [1.82, 2.24) is 10.6 Å². The van der Waals surface area contributed by atoms with Crippen molar-refractivity contribution in [2.24, 2.45) is 10.9 Å². The Labute approximate surface area is 136 Å². The van der Waals surface area contributed by atoms with Crippen molar-refractivity contribution in [3.8, 4) is 0 Å². The topological polar surface area (TPSA) is 39.7 Å². The van der Waals surface area contributed by atoms with Crippen LogP contribution in [0.25, 0.3) is 0 Å². The number of nitrogens with zero attached hydrogens (tertiary/aromatic N) is 2. The molecule has 116 valence electrons. The lowest BCUT2D eigenvalue weighted by molar-refractivity contribution is 0.599. The lowest BCUT2D eigenvalue weighted by Gasteiger charge is -2.18. The summed E-state index contributed by atoms with van der Waals surface area (Å²) in [6, 6.07) is 8.53. The minimum absolute atomic E-state index is 0.635. The average Bonchev–Trinajstić information content (AvgIpc) is 2.94. The Morgan fingerprint density at radius 1 is 1.33 bits per heavy atom. The normalized spacial score (nSPS) is 17.7. The number of anilines is 1. The van der Waals surface area contributed by atoms with Crippen LogP contribution in [0.2, 0.25) is 0 Å². The molecule has 0 aromatic heterocycles. The maximum absolute atomic E-state index is 4.69. The lowest BCUT2D eigenvalue weighted by Crippen LogP contribution is -2.37. The molecule has 1 saturated heterocycles. The molecule has 1 heterocycles. The second-order valence-corrected chi connectivity index (χ2v) is 6.25. The molecular formula is C16H25BrN4. The molecular weight excluding hydrogens is 328 g/mol. The molecule has 4 nitrogen and oxygen atoms in total. The van der Waals surface area contributed by atoms with E-state index >= 15 is 0 Å². The van der Waals surface area contributed by atoms with Crippen molar-refractivity contribution in [2.75, 3.05) is 37.6 Å². The summed E-state index contributed by atoms with van der Waals surface area (Å²) in [6.07, 6.45) is 1.21. The Kier molecular flexibility index (Phi) is 6.36. The largest absolute Gasteiger partial charge is 0.371 e. The fraction of sp³-hybridized carbons (Fsp3) is 0.562. The van der Waals surface area contributed by atoms with Gasteiger partial charge in [0.15, 0.2) is 5.96 Å². The van der Waals surface area contributed by atoms with Crippen LogP contribution in [0, 0.1) is 5.92 Å². The fourth-order valence-electron chi connectivity index (χ4n) is 2.62. The molecule has 1 aliphatic rings. The molecule has 1 aromatic carbocycles. The van der Waals surface area contributed by atoms with Crippen molar-refractivity contribution >= 4 is 27.6 Å². The lowest BCUT2D eigenvalue weighted by atomic mass is 10.1. The van der Waals surface area contributed by atoms with E-state index in [1.165, 1.54) is 12.1 Å². The van der Waals surface area contributed by atoms with Gasteiger partial charge >= 0.3 is 0 Å². The van der Waals surface area contributed by atoms with Crippen LogP contribution in [0.5, 0.6) is 0 Å². The summed E-state index contributed by atoms with van der Waals surface area (Å²) in [7, 11) is 0. The molecule has 1 aliphatic heterocycles. The van der Waals surface area contributed by atoms with Gasteiger partial charge in [-0.15, -0.1) is 0 Å². The highest BCUT2D eigenvalue weighted by atomic mass is 79.9. The molecule has 5 heteroatoms. The SMILES string of the molecule is CCNC(=NCC1CCN(c2cccc(Br)c2)C1)NCC. The van der Waals surface area contributed by atoms with E-state index in [1.54, 1.807) is 0 Å². The van der Waals surface area contributed by atoms with Gasteiger partial charge in [0, 0.05) is 42.9 Å². The van der Waals surface area contributed by atoms with Crippen LogP contribution < -0.4 is 15.5 Å². The third-order valence-corrected chi connectivity index (χ3v) is 4.15. The van der Waals surface area contributed by atoms with Gasteiger partial charge in [0.1, 0.15) is 0 Å². The number of hydrogen-bond acceptors (Lipinski definition) is 2. The maximum Gasteiger partial charge on any atom is 0.191 e. The number of guanidine groups is 1. The highest BCUT2D eigenvalue weighted by molar-refractivity contribution is 9.10. The van der Waals surface area contributed by atoms with Gasteiger partial charge in [-0.05, 0) is 44.4 Å². The van der Waals surface area contributed by atoms with E-state index < -0.39 is 0 Å². The zero-order chi connectivity index (χ0) is 15.1. The first-order valence-electron chi connectivity index (χ1n) is 7.75. The molecule has 2 rings (SSSR count). The molecule has 21 heavy (non-hydrogen) atoms. The summed E-state index contributed by atoms with van der Waals surface area (Å²) in [6.45, 7) is 9.09. The van der Waals surface area contributed by atoms with Crippen LogP contribution in [0.1, 0.15) is 20.3 Å². The second kappa shape index (κ2) is 8.27. The van der Waals surface area contributed by atoms with E-state index in [9.17, 15) is 0 Å². The summed E-state index contributed by atoms with van der Waals surface area (Å²) in [5.74, 6) is 1.57. The van der Waals surface area contributed by atoms with Crippen molar-refractivity contribution < 1.29 is 0 Å². The average molecular weight is 353 g/mol. The van der Waals surface area contributed by atoms with E-state index in [2.05, 4.69) is 74.6 Å². The molecule has 0 saturated carbocycles. The van der Waals surface area contributed by atoms with Crippen molar-refractivity contribution in [3.05, 3.63) is 28.7 Å². The first-order valence-corrected chi connectivity index (χ1v) is 8.55. The fourth-order valence-corrected chi connectivity index (χ4v) is 3.01. The maximum atomic E-state index is 4.69. The van der Waals surface area contributed by atoms with Gasteiger partial charge in [0.25, 0.3) is 0 Å². The quantitative estimate of drug-likeness (QED) is 0.632. The molecule has 0 radical (unpaired) electrons. The zero-order valence-corrected chi connectivity index (χ0v) is 14.5. The minimum Gasteiger partial charge on any atom is -0.371 e. The Hall–Kier alpha value is -1.23. The summed E-state index contributed by atoms with van der Waals surface area (Å²) in [4.78, 5) is 7.14. The number of benzene rings is 1. The standard InChI is InChI=1S/C16H25BrN4/c1-3-18-16(19-4-2)20-11-13-8-9-21(12-13)15-7-5-6-14(17)10-15/h5-7,10,13H,3-4,8-9,11-12H2,1-2H3,(H2,18,19,20). The van der Waals surface area contributed by atoms with E-state index in [0.717, 1.165) is 43.2 Å². The molecule has 1 unspecified atom stereocenters. The first-order chi connectivity index (χ1) is 10.2. The van der Waals surface area contributed by atoms with E-state index in [0.29, 0.717) is 5.92 Å². The summed E-state index contributed by atoms with van der Waals surface area (Å²) < 4.78 is 1.14. The van der Waals surface area contributed by atoms with Gasteiger partial charge in [-0.2, -0.15) is 0 Å². The van der Waals surface area contributed by atoms with Crippen molar-refractivity contribution in [2.45, 2.75) is 20.3 Å². The molecule has 1 atom stereocenters. The van der Waals surface area contributed by atoms with Gasteiger partial charge in [0.05, 0.1) is 0 Å². The van der Waals surface area contributed by atoms with Crippen molar-refractivity contribution in [3.63, 3.8) is 0 Å². The number of rotatable bonds is 5. The zero-order valence-electron chi connectivity index (χ0n) is 12.9. The van der Waals surface area contributed by atoms with Gasteiger partial charge < -0.3 is 15.5 Å². The highest BCUT2D eigenvalue weighted by Gasteiger charge is 2.22. The van der Waals surface area contributed by atoms with Gasteiger partial charge in [-0.25, -0.2) is 0 Å². The molecule has 2 N–H and O–H groups in total. The summed E-state index contributed by atoms with van der Waals surface area (Å²) >= 11 is 3.54. The predicted octanol–water partition coefficient (Wildman–Crippen LogP) is 2.85. The third-order valence-electron chi connectivity index (χ3n) is 3.66. The number of hydrogen-bond donors (Lipinski definition) is 2. The van der Waals surface area contributed by atoms with Crippen molar-refractivity contribution in [1.29, 1.82) is 0 Å². The van der Waals surface area contributed by atoms with E-state index in [4.69, 9.17) is 0 Å². The molecule has 1 aromatic rings. The Morgan fingerprint density at radius 2 is 2.10 bits per heavy atom. The molecule has 0 bridgehead atoms. The van der Waals surface area contributed by atoms with Crippen LogP contribution in [0.4, 0.5) is 5.69 Å². The highest BCUT2D eigenvalue weighted by Crippen LogP contribution is 2.26. The number of halogens is 1. The Morgan fingerprint density at radius 3 is 2.76 bits per heavy atom. The number of nitrogens with one attached hydrogen (secondary N) is 2. The first kappa shape index (κ1) is 16.1. The smallest absolute Gasteiger partial charge is 0.191 e. The van der Waals surface area contributed by atoms with Crippen LogP contribution in [-0.2, 0) is 0 Å². The molecule has 0 aliphatic carbocycles. The van der Waals surface area contributed by atoms with Gasteiger partial charge in [0.2, 0.25) is 0 Å². The van der Waals surface area contributed by atoms with Crippen LogP contribution in [0.3, 0.4) is 0 Å². The minimum atomic E-state index is 0.635. The molecule has 0 amide bonds. The molecule has 1 fully saturated rings. The Balaban J connectivity index is 1.88. The Bertz CT molecular complexity index is 467. The predicted molar refractivity (Wildman–Crippen MR) is 94.1 cm³/mol. The van der Waals surface area contributed by atoms with Crippen LogP contribution in [-0.4, -0.2) is 38.7 Å². The summed E-state index contributed by atoms with van der Waals surface area (Å²) in [5.41, 5.74) is 1.30. The molecule has 0 spiro atoms. The van der Waals surface area contributed by atoms with Crippen LogP contribution >= 0.6 is 15.9 Å². The van der Waals surface area contributed by atoms with E-state index in [-0.39, 0.29) is 0 Å². The van der Waals surface area contributed by atoms with E-state index in [1.807, 2.05) is 0 Å². The second-order valence-electron chi connectivity index (χ2n) is 5.33. The van der Waals surface area contributed by atoms with Gasteiger partial charge in [-0.1, -0.05) is 22.0 Å². The van der Waals surface area contributed by atoms with Gasteiger partial charge in [-0.3, -0.25) is 4.99 Å².